The molecule has 0 bridgehead atoms. The molecule has 2 heterocycles. The van der Waals surface area contributed by atoms with Crippen LogP contribution < -0.4 is 5.32 Å². The lowest BCUT2D eigenvalue weighted by Gasteiger charge is -2.40. The molecule has 0 aromatic carbocycles. The van der Waals surface area contributed by atoms with Crippen molar-refractivity contribution in [3.05, 3.63) is 23.5 Å². The van der Waals surface area contributed by atoms with E-state index in [0.717, 1.165) is 5.69 Å². The Morgan fingerprint density at radius 2 is 2.40 bits per heavy atom. The second kappa shape index (κ2) is 4.35. The molecule has 0 spiro atoms. The third-order valence-electron chi connectivity index (χ3n) is 2.55. The van der Waals surface area contributed by atoms with E-state index in [4.69, 9.17) is 16.3 Å². The van der Waals surface area contributed by atoms with Gasteiger partial charge < -0.3 is 15.2 Å². The monoisotopic (exact) mass is 228 g/mol. The fraction of sp³-hybridized carbons (Fsp3) is 0.500. The van der Waals surface area contributed by atoms with E-state index in [9.17, 15) is 5.11 Å². The molecule has 5 heteroatoms. The molecule has 0 atom stereocenters. The van der Waals surface area contributed by atoms with Crippen molar-refractivity contribution in [1.82, 2.24) is 4.98 Å². The van der Waals surface area contributed by atoms with Crippen molar-refractivity contribution in [2.45, 2.75) is 0 Å². The minimum absolute atomic E-state index is 0.129. The highest BCUT2D eigenvalue weighted by Crippen LogP contribution is 2.27. The number of nitrogens with zero attached hydrogens (tertiary/aromatic N) is 1. The first kappa shape index (κ1) is 10.7. The van der Waals surface area contributed by atoms with Crippen LogP contribution >= 0.6 is 11.6 Å². The summed E-state index contributed by atoms with van der Waals surface area (Å²) in [5.74, 6) is 0. The lowest BCUT2D eigenvalue weighted by atomic mass is 9.87. The maximum atomic E-state index is 9.21. The first-order valence-corrected chi connectivity index (χ1v) is 5.16. The van der Waals surface area contributed by atoms with Gasteiger partial charge in [0.15, 0.2) is 0 Å². The van der Waals surface area contributed by atoms with Gasteiger partial charge in [-0.05, 0) is 12.1 Å². The lowest BCUT2D eigenvalue weighted by Crippen LogP contribution is -2.50. The Labute approximate surface area is 93.2 Å². The molecule has 1 aliphatic heterocycles. The number of hydrogen-bond acceptors (Lipinski definition) is 4. The maximum Gasteiger partial charge on any atom is 0.131 e. The molecule has 4 nitrogen and oxygen atoms in total. The van der Waals surface area contributed by atoms with E-state index in [0.29, 0.717) is 24.9 Å². The van der Waals surface area contributed by atoms with Crippen LogP contribution in [0.15, 0.2) is 18.3 Å². The zero-order chi connectivity index (χ0) is 10.7. The fourth-order valence-electron chi connectivity index (χ4n) is 1.44. The summed E-state index contributed by atoms with van der Waals surface area (Å²) in [6.07, 6.45) is 1.65. The van der Waals surface area contributed by atoms with E-state index in [1.807, 2.05) is 6.07 Å². The fourth-order valence-corrected chi connectivity index (χ4v) is 1.62. The SMILES string of the molecule is OCC1(CNc2ccnc(Cl)c2)COC1. The highest BCUT2D eigenvalue weighted by molar-refractivity contribution is 6.29. The van der Waals surface area contributed by atoms with Crippen molar-refractivity contribution in [2.24, 2.45) is 5.41 Å². The minimum atomic E-state index is -0.129. The van der Waals surface area contributed by atoms with Gasteiger partial charge in [0.05, 0.1) is 25.2 Å². The van der Waals surface area contributed by atoms with Crippen LogP contribution in [-0.2, 0) is 4.74 Å². The van der Waals surface area contributed by atoms with E-state index in [-0.39, 0.29) is 12.0 Å². The summed E-state index contributed by atoms with van der Waals surface area (Å²) in [5, 5.41) is 12.9. The van der Waals surface area contributed by atoms with E-state index in [2.05, 4.69) is 10.3 Å². The Bertz CT molecular complexity index is 336. The number of halogens is 1. The largest absolute Gasteiger partial charge is 0.396 e. The molecule has 1 aliphatic rings. The molecule has 1 aromatic rings. The first-order valence-electron chi connectivity index (χ1n) is 4.78. The summed E-state index contributed by atoms with van der Waals surface area (Å²) < 4.78 is 5.10. The van der Waals surface area contributed by atoms with Crippen molar-refractivity contribution in [3.8, 4) is 0 Å². The Hall–Kier alpha value is -0.840. The number of aliphatic hydroxyl groups is 1. The van der Waals surface area contributed by atoms with Gasteiger partial charge in [0, 0.05) is 18.4 Å². The molecule has 0 aliphatic carbocycles. The molecule has 2 rings (SSSR count). The smallest absolute Gasteiger partial charge is 0.131 e. The second-order valence-electron chi connectivity index (χ2n) is 3.87. The normalized spacial score (nSPS) is 18.3. The standard InChI is InChI=1S/C10H13ClN2O2/c11-9-3-8(1-2-12-9)13-4-10(5-14)6-15-7-10/h1-3,14H,4-7H2,(H,12,13). The van der Waals surface area contributed by atoms with Crippen molar-refractivity contribution in [1.29, 1.82) is 0 Å². The number of pyridine rings is 1. The highest BCUT2D eigenvalue weighted by atomic mass is 35.5. The molecule has 82 valence electrons. The van der Waals surface area contributed by atoms with Gasteiger partial charge in [-0.15, -0.1) is 0 Å². The lowest BCUT2D eigenvalue weighted by molar-refractivity contribution is -0.128. The van der Waals surface area contributed by atoms with Crippen LogP contribution in [0.5, 0.6) is 0 Å². The predicted octanol–water partition coefficient (Wildman–Crippen LogP) is 1.16. The Kier molecular flexibility index (Phi) is 3.09. The van der Waals surface area contributed by atoms with Crippen LogP contribution in [0, 0.1) is 5.41 Å². The van der Waals surface area contributed by atoms with Crippen molar-refractivity contribution >= 4 is 17.3 Å². The van der Waals surface area contributed by atoms with Gasteiger partial charge in [-0.25, -0.2) is 4.98 Å². The number of aromatic nitrogens is 1. The van der Waals surface area contributed by atoms with E-state index < -0.39 is 0 Å². The summed E-state index contributed by atoms with van der Waals surface area (Å²) in [6.45, 7) is 2.04. The molecule has 1 fully saturated rings. The summed E-state index contributed by atoms with van der Waals surface area (Å²) in [7, 11) is 0. The van der Waals surface area contributed by atoms with E-state index >= 15 is 0 Å². The number of rotatable bonds is 4. The average Bonchev–Trinajstić information content (AvgIpc) is 2.17. The average molecular weight is 229 g/mol. The van der Waals surface area contributed by atoms with Gasteiger partial charge in [-0.2, -0.15) is 0 Å². The molecular formula is C10H13ClN2O2. The number of nitrogens with one attached hydrogen (secondary N) is 1. The van der Waals surface area contributed by atoms with Crippen molar-refractivity contribution < 1.29 is 9.84 Å². The second-order valence-corrected chi connectivity index (χ2v) is 4.26. The van der Waals surface area contributed by atoms with E-state index in [1.54, 1.807) is 12.3 Å². The van der Waals surface area contributed by atoms with Crippen LogP contribution in [0.2, 0.25) is 5.15 Å². The van der Waals surface area contributed by atoms with Crippen LogP contribution in [0.4, 0.5) is 5.69 Å². The zero-order valence-electron chi connectivity index (χ0n) is 8.24. The number of aliphatic hydroxyl groups excluding tert-OH is 1. The number of ether oxygens (including phenoxy) is 1. The van der Waals surface area contributed by atoms with Gasteiger partial charge in [-0.1, -0.05) is 11.6 Å². The summed E-state index contributed by atoms with van der Waals surface area (Å²) in [4.78, 5) is 3.89. The van der Waals surface area contributed by atoms with Gasteiger partial charge in [0.2, 0.25) is 0 Å². The van der Waals surface area contributed by atoms with Gasteiger partial charge in [0.25, 0.3) is 0 Å². The Morgan fingerprint density at radius 1 is 1.60 bits per heavy atom. The highest BCUT2D eigenvalue weighted by Gasteiger charge is 2.37. The van der Waals surface area contributed by atoms with Crippen molar-refractivity contribution in [3.63, 3.8) is 0 Å². The maximum absolute atomic E-state index is 9.21. The molecule has 2 N–H and O–H groups in total. The topological polar surface area (TPSA) is 54.4 Å². The molecule has 0 saturated carbocycles. The van der Waals surface area contributed by atoms with Crippen LogP contribution in [0.1, 0.15) is 0 Å². The Morgan fingerprint density at radius 3 is 2.93 bits per heavy atom. The van der Waals surface area contributed by atoms with Gasteiger partial charge in [0.1, 0.15) is 5.15 Å². The van der Waals surface area contributed by atoms with Crippen LogP contribution in [0.3, 0.4) is 0 Å². The summed E-state index contributed by atoms with van der Waals surface area (Å²) in [6, 6.07) is 3.60. The Balaban J connectivity index is 1.92. The zero-order valence-corrected chi connectivity index (χ0v) is 9.00. The number of anilines is 1. The number of hydrogen-bond donors (Lipinski definition) is 2. The molecule has 1 saturated heterocycles. The molecule has 1 aromatic heterocycles. The molecule has 0 amide bonds. The van der Waals surface area contributed by atoms with Crippen molar-refractivity contribution in [2.75, 3.05) is 31.7 Å². The molecule has 0 radical (unpaired) electrons. The molecule has 0 unspecified atom stereocenters. The van der Waals surface area contributed by atoms with Gasteiger partial charge in [-0.3, -0.25) is 0 Å². The van der Waals surface area contributed by atoms with Crippen LogP contribution in [-0.4, -0.2) is 36.5 Å². The summed E-state index contributed by atoms with van der Waals surface area (Å²) >= 11 is 5.75. The van der Waals surface area contributed by atoms with Gasteiger partial charge >= 0.3 is 0 Å². The summed E-state index contributed by atoms with van der Waals surface area (Å²) in [5.41, 5.74) is 0.783. The third-order valence-corrected chi connectivity index (χ3v) is 2.75. The quantitative estimate of drug-likeness (QED) is 0.760. The first-order chi connectivity index (χ1) is 7.24. The van der Waals surface area contributed by atoms with E-state index in [1.165, 1.54) is 0 Å². The molecular weight excluding hydrogens is 216 g/mol. The minimum Gasteiger partial charge on any atom is -0.396 e. The third kappa shape index (κ3) is 2.40. The van der Waals surface area contributed by atoms with Crippen LogP contribution in [0.25, 0.3) is 0 Å². The predicted molar refractivity (Wildman–Crippen MR) is 58.1 cm³/mol. The molecule has 15 heavy (non-hydrogen) atoms.